The van der Waals surface area contributed by atoms with E-state index in [0.29, 0.717) is 0 Å². The van der Waals surface area contributed by atoms with Gasteiger partial charge in [-0.15, -0.1) is 6.42 Å². The van der Waals surface area contributed by atoms with Crippen molar-refractivity contribution in [2.24, 2.45) is 0 Å². The predicted octanol–water partition coefficient (Wildman–Crippen LogP) is 3.90. The van der Waals surface area contributed by atoms with Gasteiger partial charge in [0.2, 0.25) is 0 Å². The van der Waals surface area contributed by atoms with Crippen molar-refractivity contribution >= 4 is 15.9 Å². The van der Waals surface area contributed by atoms with Gasteiger partial charge in [-0.05, 0) is 25.0 Å². The maximum absolute atomic E-state index is 5.50. The smallest absolute Gasteiger partial charge is 0.0691 e. The van der Waals surface area contributed by atoms with Crippen LogP contribution in [0.3, 0.4) is 0 Å². The molecule has 0 aromatic heterocycles. The standard InChI is InChI=1S/C14H18BrN/c1-4-8-12(5-2)16-11(3)13-9-6-7-10-14(13)15/h2,6-7,9-12,16H,4,8H2,1,3H3. The number of benzene rings is 1. The van der Waals surface area contributed by atoms with Gasteiger partial charge in [0.1, 0.15) is 0 Å². The molecule has 0 bridgehead atoms. The van der Waals surface area contributed by atoms with E-state index in [0.717, 1.165) is 17.3 Å². The van der Waals surface area contributed by atoms with Crippen LogP contribution in [0.25, 0.3) is 0 Å². The van der Waals surface area contributed by atoms with Crippen LogP contribution in [-0.4, -0.2) is 6.04 Å². The second kappa shape index (κ2) is 6.73. The molecule has 86 valence electrons. The van der Waals surface area contributed by atoms with Crippen LogP contribution in [0.2, 0.25) is 0 Å². The van der Waals surface area contributed by atoms with E-state index < -0.39 is 0 Å². The molecular weight excluding hydrogens is 262 g/mol. The summed E-state index contributed by atoms with van der Waals surface area (Å²) in [5.74, 6) is 2.80. The predicted molar refractivity (Wildman–Crippen MR) is 73.2 cm³/mol. The lowest BCUT2D eigenvalue weighted by Crippen LogP contribution is -2.30. The van der Waals surface area contributed by atoms with Gasteiger partial charge in [0, 0.05) is 10.5 Å². The number of halogens is 1. The van der Waals surface area contributed by atoms with Crippen molar-refractivity contribution in [1.82, 2.24) is 5.32 Å². The molecule has 0 amide bonds. The average molecular weight is 280 g/mol. The van der Waals surface area contributed by atoms with Crippen molar-refractivity contribution in [3.05, 3.63) is 34.3 Å². The Morgan fingerprint density at radius 3 is 2.69 bits per heavy atom. The van der Waals surface area contributed by atoms with Gasteiger partial charge in [-0.1, -0.05) is 53.4 Å². The quantitative estimate of drug-likeness (QED) is 0.806. The highest BCUT2D eigenvalue weighted by molar-refractivity contribution is 9.10. The summed E-state index contributed by atoms with van der Waals surface area (Å²) < 4.78 is 1.13. The van der Waals surface area contributed by atoms with Gasteiger partial charge in [-0.2, -0.15) is 0 Å². The van der Waals surface area contributed by atoms with Gasteiger partial charge >= 0.3 is 0 Å². The lowest BCUT2D eigenvalue weighted by Gasteiger charge is -2.20. The van der Waals surface area contributed by atoms with E-state index in [1.807, 2.05) is 12.1 Å². The largest absolute Gasteiger partial charge is 0.297 e. The van der Waals surface area contributed by atoms with E-state index in [2.05, 4.69) is 53.1 Å². The summed E-state index contributed by atoms with van der Waals surface area (Å²) >= 11 is 3.56. The summed E-state index contributed by atoms with van der Waals surface area (Å²) in [6.45, 7) is 4.29. The fraction of sp³-hybridized carbons (Fsp3) is 0.429. The molecule has 1 aromatic rings. The molecule has 0 heterocycles. The number of hydrogen-bond acceptors (Lipinski definition) is 1. The normalized spacial score (nSPS) is 14.1. The van der Waals surface area contributed by atoms with Crippen molar-refractivity contribution in [2.45, 2.75) is 38.8 Å². The zero-order valence-corrected chi connectivity index (χ0v) is 11.4. The first-order chi connectivity index (χ1) is 7.69. The molecule has 1 nitrogen and oxygen atoms in total. The van der Waals surface area contributed by atoms with Gasteiger partial charge in [0.15, 0.2) is 0 Å². The molecule has 1 aromatic carbocycles. The Bertz CT molecular complexity index is 367. The molecule has 0 saturated carbocycles. The summed E-state index contributed by atoms with van der Waals surface area (Å²) in [7, 11) is 0. The van der Waals surface area contributed by atoms with E-state index >= 15 is 0 Å². The minimum absolute atomic E-state index is 0.159. The molecule has 2 heteroatoms. The molecular formula is C14H18BrN. The van der Waals surface area contributed by atoms with Crippen molar-refractivity contribution < 1.29 is 0 Å². The Morgan fingerprint density at radius 2 is 2.12 bits per heavy atom. The molecule has 0 aliphatic carbocycles. The molecule has 0 radical (unpaired) electrons. The zero-order chi connectivity index (χ0) is 12.0. The molecule has 0 aliphatic heterocycles. The average Bonchev–Trinajstić information content (AvgIpc) is 2.28. The van der Waals surface area contributed by atoms with Gasteiger partial charge in [-0.25, -0.2) is 0 Å². The second-order valence-electron chi connectivity index (χ2n) is 3.92. The van der Waals surface area contributed by atoms with Gasteiger partial charge in [0.25, 0.3) is 0 Å². The Labute approximate surface area is 107 Å². The van der Waals surface area contributed by atoms with Crippen LogP contribution < -0.4 is 5.32 Å². The minimum atomic E-state index is 0.159. The molecule has 1 rings (SSSR count). The van der Waals surface area contributed by atoms with Crippen molar-refractivity contribution in [3.63, 3.8) is 0 Å². The first-order valence-corrected chi connectivity index (χ1v) is 6.45. The van der Waals surface area contributed by atoms with E-state index in [9.17, 15) is 0 Å². The zero-order valence-electron chi connectivity index (χ0n) is 9.83. The third-order valence-corrected chi connectivity index (χ3v) is 3.32. The minimum Gasteiger partial charge on any atom is -0.297 e. The summed E-state index contributed by atoms with van der Waals surface area (Å²) in [6, 6.07) is 8.66. The van der Waals surface area contributed by atoms with Crippen LogP contribution >= 0.6 is 15.9 Å². The molecule has 0 aliphatic rings. The lowest BCUT2D eigenvalue weighted by molar-refractivity contribution is 0.494. The van der Waals surface area contributed by atoms with Crippen LogP contribution in [-0.2, 0) is 0 Å². The second-order valence-corrected chi connectivity index (χ2v) is 4.77. The fourth-order valence-corrected chi connectivity index (χ4v) is 2.35. The summed E-state index contributed by atoms with van der Waals surface area (Å²) in [5, 5.41) is 3.46. The fourth-order valence-electron chi connectivity index (χ4n) is 1.72. The molecule has 0 saturated heterocycles. The van der Waals surface area contributed by atoms with Crippen LogP contribution in [0.1, 0.15) is 38.3 Å². The Balaban J connectivity index is 2.68. The molecule has 2 atom stereocenters. The first kappa shape index (κ1) is 13.3. The van der Waals surface area contributed by atoms with Gasteiger partial charge in [0.05, 0.1) is 6.04 Å². The topological polar surface area (TPSA) is 12.0 Å². The van der Waals surface area contributed by atoms with E-state index in [4.69, 9.17) is 6.42 Å². The molecule has 1 N–H and O–H groups in total. The van der Waals surface area contributed by atoms with Gasteiger partial charge in [-0.3, -0.25) is 5.32 Å². The van der Waals surface area contributed by atoms with Crippen LogP contribution in [0.15, 0.2) is 28.7 Å². The Hall–Kier alpha value is -0.780. The van der Waals surface area contributed by atoms with Crippen molar-refractivity contribution in [1.29, 1.82) is 0 Å². The summed E-state index contributed by atoms with van der Waals surface area (Å²) in [4.78, 5) is 0. The summed E-state index contributed by atoms with van der Waals surface area (Å²) in [6.07, 6.45) is 7.62. The van der Waals surface area contributed by atoms with Crippen molar-refractivity contribution in [2.75, 3.05) is 0 Å². The number of rotatable bonds is 5. The number of terminal acetylenes is 1. The third-order valence-electron chi connectivity index (χ3n) is 2.60. The maximum atomic E-state index is 5.50. The van der Waals surface area contributed by atoms with Crippen LogP contribution in [0.4, 0.5) is 0 Å². The molecule has 16 heavy (non-hydrogen) atoms. The van der Waals surface area contributed by atoms with Gasteiger partial charge < -0.3 is 0 Å². The molecule has 2 unspecified atom stereocenters. The Morgan fingerprint density at radius 1 is 1.44 bits per heavy atom. The Kier molecular flexibility index (Phi) is 5.59. The van der Waals surface area contributed by atoms with Crippen LogP contribution in [0.5, 0.6) is 0 Å². The SMILES string of the molecule is C#CC(CCC)NC(C)c1ccccc1Br. The molecule has 0 spiro atoms. The van der Waals surface area contributed by atoms with Crippen LogP contribution in [0, 0.1) is 12.3 Å². The maximum Gasteiger partial charge on any atom is 0.0691 e. The number of hydrogen-bond donors (Lipinski definition) is 1. The monoisotopic (exact) mass is 279 g/mol. The first-order valence-electron chi connectivity index (χ1n) is 5.65. The van der Waals surface area contributed by atoms with E-state index in [-0.39, 0.29) is 12.1 Å². The highest BCUT2D eigenvalue weighted by Gasteiger charge is 2.12. The molecule has 0 fully saturated rings. The van der Waals surface area contributed by atoms with E-state index in [1.165, 1.54) is 5.56 Å². The third kappa shape index (κ3) is 3.66. The van der Waals surface area contributed by atoms with E-state index in [1.54, 1.807) is 0 Å². The lowest BCUT2D eigenvalue weighted by atomic mass is 10.1. The van der Waals surface area contributed by atoms with Crippen molar-refractivity contribution in [3.8, 4) is 12.3 Å². The summed E-state index contributed by atoms with van der Waals surface area (Å²) in [5.41, 5.74) is 1.25. The highest BCUT2D eigenvalue weighted by atomic mass is 79.9. The number of nitrogens with one attached hydrogen (secondary N) is 1. The highest BCUT2D eigenvalue weighted by Crippen LogP contribution is 2.23.